The van der Waals surface area contributed by atoms with Crippen molar-refractivity contribution in [1.29, 1.82) is 0 Å². The molecule has 0 spiro atoms. The third-order valence-corrected chi connectivity index (χ3v) is 6.53. The molecule has 0 saturated carbocycles. The topological polar surface area (TPSA) is 57.7 Å². The van der Waals surface area contributed by atoms with Crippen molar-refractivity contribution in [2.75, 3.05) is 24.5 Å². The van der Waals surface area contributed by atoms with E-state index in [0.29, 0.717) is 36.4 Å². The molecule has 0 radical (unpaired) electrons. The Labute approximate surface area is 160 Å². The van der Waals surface area contributed by atoms with Gasteiger partial charge in [-0.3, -0.25) is 4.79 Å². The summed E-state index contributed by atoms with van der Waals surface area (Å²) in [6.07, 6.45) is 0. The van der Waals surface area contributed by atoms with E-state index in [2.05, 4.69) is 0 Å². The fourth-order valence-electron chi connectivity index (χ4n) is 2.91. The summed E-state index contributed by atoms with van der Waals surface area (Å²) in [5, 5.41) is 0. The number of hydrogen-bond acceptors (Lipinski definition) is 3. The summed E-state index contributed by atoms with van der Waals surface area (Å²) in [6, 6.07) is 10.2. The molecule has 1 amide bonds. The predicted molar refractivity (Wildman–Crippen MR) is 105 cm³/mol. The molecule has 5 nitrogen and oxygen atoms in total. The highest BCUT2D eigenvalue weighted by molar-refractivity contribution is 7.89. The van der Waals surface area contributed by atoms with Crippen molar-refractivity contribution in [2.45, 2.75) is 32.6 Å². The highest BCUT2D eigenvalue weighted by atomic mass is 32.2. The Balaban J connectivity index is 2.48. The second kappa shape index (κ2) is 8.63. The van der Waals surface area contributed by atoms with Crippen LogP contribution >= 0.6 is 0 Å². The number of halogens is 1. The molecule has 0 aliphatic carbocycles. The van der Waals surface area contributed by atoms with E-state index in [1.807, 2.05) is 6.92 Å². The predicted octanol–water partition coefficient (Wildman–Crippen LogP) is 3.83. The molecule has 2 rings (SSSR count). The minimum atomic E-state index is -3.66. The zero-order valence-electron chi connectivity index (χ0n) is 16.1. The molecule has 0 aliphatic heterocycles. The van der Waals surface area contributed by atoms with Gasteiger partial charge in [-0.2, -0.15) is 4.31 Å². The highest BCUT2D eigenvalue weighted by Crippen LogP contribution is 2.23. The van der Waals surface area contributed by atoms with Gasteiger partial charge in [0, 0.05) is 30.9 Å². The molecule has 0 atom stereocenters. The maximum absolute atomic E-state index is 13.2. The Kier molecular flexibility index (Phi) is 6.73. The van der Waals surface area contributed by atoms with Crippen molar-refractivity contribution in [3.05, 3.63) is 59.4 Å². The maximum atomic E-state index is 13.2. The van der Waals surface area contributed by atoms with E-state index in [0.717, 1.165) is 0 Å². The van der Waals surface area contributed by atoms with Crippen LogP contribution < -0.4 is 4.90 Å². The van der Waals surface area contributed by atoms with E-state index in [9.17, 15) is 17.6 Å². The van der Waals surface area contributed by atoms with Crippen LogP contribution in [0.2, 0.25) is 0 Å². The van der Waals surface area contributed by atoms with E-state index in [-0.39, 0.29) is 16.6 Å². The van der Waals surface area contributed by atoms with Crippen LogP contribution in [0.25, 0.3) is 0 Å². The fourth-order valence-corrected chi connectivity index (χ4v) is 4.40. The summed E-state index contributed by atoms with van der Waals surface area (Å²) in [6.45, 7) is 8.20. The van der Waals surface area contributed by atoms with Gasteiger partial charge in [-0.1, -0.05) is 19.9 Å². The Morgan fingerprint density at radius 3 is 2.07 bits per heavy atom. The summed E-state index contributed by atoms with van der Waals surface area (Å²) in [5.74, 6) is -0.705. The van der Waals surface area contributed by atoms with E-state index in [1.54, 1.807) is 26.8 Å². The number of aryl methyl sites for hydroxylation is 1. The molecule has 0 saturated heterocycles. The number of amides is 1. The summed E-state index contributed by atoms with van der Waals surface area (Å²) >= 11 is 0. The molecule has 0 N–H and O–H groups in total. The summed E-state index contributed by atoms with van der Waals surface area (Å²) < 4.78 is 40.1. The smallest absolute Gasteiger partial charge is 0.258 e. The van der Waals surface area contributed by atoms with Gasteiger partial charge in [-0.05, 0) is 55.8 Å². The second-order valence-electron chi connectivity index (χ2n) is 6.09. The molecule has 146 valence electrons. The second-order valence-corrected chi connectivity index (χ2v) is 8.03. The molecule has 0 heterocycles. The lowest BCUT2D eigenvalue weighted by Gasteiger charge is -2.23. The first-order chi connectivity index (χ1) is 12.8. The van der Waals surface area contributed by atoms with Crippen LogP contribution in [0.3, 0.4) is 0 Å². The molecule has 0 bridgehead atoms. The van der Waals surface area contributed by atoms with Crippen molar-refractivity contribution < 1.29 is 17.6 Å². The number of rotatable bonds is 7. The largest absolute Gasteiger partial charge is 0.309 e. The number of nitrogens with zero attached hydrogens (tertiary/aromatic N) is 2. The van der Waals surface area contributed by atoms with Crippen LogP contribution in [0, 0.1) is 12.7 Å². The molecular formula is C20H25FN2O3S. The minimum Gasteiger partial charge on any atom is -0.309 e. The zero-order chi connectivity index (χ0) is 20.2. The molecule has 0 aromatic heterocycles. The van der Waals surface area contributed by atoms with Crippen molar-refractivity contribution in [3.63, 3.8) is 0 Å². The van der Waals surface area contributed by atoms with Crippen LogP contribution in [0.4, 0.5) is 10.1 Å². The van der Waals surface area contributed by atoms with E-state index in [4.69, 9.17) is 0 Å². The van der Waals surface area contributed by atoms with Crippen molar-refractivity contribution in [3.8, 4) is 0 Å². The monoisotopic (exact) mass is 392 g/mol. The van der Waals surface area contributed by atoms with E-state index in [1.165, 1.54) is 45.6 Å². The van der Waals surface area contributed by atoms with Crippen LogP contribution in [0.15, 0.2) is 47.4 Å². The first-order valence-corrected chi connectivity index (χ1v) is 10.4. The summed E-state index contributed by atoms with van der Waals surface area (Å²) in [4.78, 5) is 14.7. The SMILES string of the molecule is CCN(C(=O)c1cc(S(=O)(=O)N(CC)CC)ccc1C)c1ccc(F)cc1. The lowest BCUT2D eigenvalue weighted by atomic mass is 10.1. The number of hydrogen-bond donors (Lipinski definition) is 0. The Morgan fingerprint density at radius 2 is 1.56 bits per heavy atom. The van der Waals surface area contributed by atoms with Gasteiger partial charge in [0.2, 0.25) is 10.0 Å². The molecule has 2 aromatic rings. The molecule has 2 aromatic carbocycles. The lowest BCUT2D eigenvalue weighted by Crippen LogP contribution is -2.33. The standard InChI is InChI=1S/C20H25FN2O3S/c1-5-22(6-2)27(25,26)18-13-8-15(4)19(14-18)20(24)23(7-3)17-11-9-16(21)10-12-17/h8-14H,5-7H2,1-4H3. The van der Waals surface area contributed by atoms with Crippen LogP contribution in [0.1, 0.15) is 36.7 Å². The van der Waals surface area contributed by atoms with Gasteiger partial charge in [-0.25, -0.2) is 12.8 Å². The fraction of sp³-hybridized carbons (Fsp3) is 0.350. The van der Waals surface area contributed by atoms with Crippen molar-refractivity contribution >= 4 is 21.6 Å². The van der Waals surface area contributed by atoms with E-state index >= 15 is 0 Å². The number of sulfonamides is 1. The molecule has 0 fully saturated rings. The average Bonchev–Trinajstić information content (AvgIpc) is 2.64. The summed E-state index contributed by atoms with van der Waals surface area (Å²) in [7, 11) is -3.66. The molecule has 0 unspecified atom stereocenters. The van der Waals surface area contributed by atoms with Crippen molar-refractivity contribution in [2.24, 2.45) is 0 Å². The third-order valence-electron chi connectivity index (χ3n) is 4.48. The minimum absolute atomic E-state index is 0.0929. The summed E-state index contributed by atoms with van der Waals surface area (Å²) in [5.41, 5.74) is 1.55. The molecule has 0 aliphatic rings. The van der Waals surface area contributed by atoms with Crippen LogP contribution in [-0.2, 0) is 10.0 Å². The van der Waals surface area contributed by atoms with Gasteiger partial charge in [0.15, 0.2) is 0 Å². The first kappa shape index (κ1) is 21.1. The van der Waals surface area contributed by atoms with Gasteiger partial charge < -0.3 is 4.90 Å². The first-order valence-electron chi connectivity index (χ1n) is 8.94. The molecule has 7 heteroatoms. The van der Waals surface area contributed by atoms with Crippen LogP contribution in [-0.4, -0.2) is 38.3 Å². The number of carbonyl (C=O) groups is 1. The van der Waals surface area contributed by atoms with Gasteiger partial charge in [0.25, 0.3) is 5.91 Å². The normalized spacial score (nSPS) is 11.6. The van der Waals surface area contributed by atoms with Gasteiger partial charge in [0.05, 0.1) is 4.90 Å². The highest BCUT2D eigenvalue weighted by Gasteiger charge is 2.25. The Hall–Kier alpha value is -2.25. The van der Waals surface area contributed by atoms with Gasteiger partial charge in [0.1, 0.15) is 5.82 Å². The van der Waals surface area contributed by atoms with Crippen molar-refractivity contribution in [1.82, 2.24) is 4.31 Å². The zero-order valence-corrected chi connectivity index (χ0v) is 16.9. The number of benzene rings is 2. The Bertz CT molecular complexity index is 907. The quantitative estimate of drug-likeness (QED) is 0.720. The maximum Gasteiger partial charge on any atom is 0.258 e. The average molecular weight is 392 g/mol. The Morgan fingerprint density at radius 1 is 0.963 bits per heavy atom. The van der Waals surface area contributed by atoms with Gasteiger partial charge >= 0.3 is 0 Å². The van der Waals surface area contributed by atoms with Gasteiger partial charge in [-0.15, -0.1) is 0 Å². The molecule has 27 heavy (non-hydrogen) atoms. The lowest BCUT2D eigenvalue weighted by molar-refractivity contribution is 0.0987. The van der Waals surface area contributed by atoms with E-state index < -0.39 is 10.0 Å². The molecular weight excluding hydrogens is 367 g/mol. The third kappa shape index (κ3) is 4.36. The number of anilines is 1. The van der Waals surface area contributed by atoms with Crippen LogP contribution in [0.5, 0.6) is 0 Å². The number of carbonyl (C=O) groups excluding carboxylic acids is 1.